The third-order valence-corrected chi connectivity index (χ3v) is 5.84. The number of ether oxygens (including phenoxy) is 3. The van der Waals surface area contributed by atoms with Crippen molar-refractivity contribution in [2.24, 2.45) is 0 Å². The molecule has 5 nitrogen and oxygen atoms in total. The minimum atomic E-state index is -0.423. The van der Waals surface area contributed by atoms with Crippen molar-refractivity contribution in [2.45, 2.75) is 50.1 Å². The van der Waals surface area contributed by atoms with E-state index < -0.39 is 6.10 Å². The lowest BCUT2D eigenvalue weighted by Gasteiger charge is -2.40. The van der Waals surface area contributed by atoms with Crippen LogP contribution in [0.25, 0.3) is 0 Å². The minimum absolute atomic E-state index is 0.101. The Bertz CT molecular complexity index is 565. The number of rotatable bonds is 5. The first kappa shape index (κ1) is 17.4. The molecule has 5 heteroatoms. The van der Waals surface area contributed by atoms with Gasteiger partial charge in [-0.3, -0.25) is 0 Å². The average molecular weight is 347 g/mol. The largest absolute Gasteiger partial charge is 0.389 e. The summed E-state index contributed by atoms with van der Waals surface area (Å²) in [7, 11) is 0. The van der Waals surface area contributed by atoms with E-state index in [4.69, 9.17) is 14.2 Å². The smallest absolute Gasteiger partial charge is 0.0963 e. The summed E-state index contributed by atoms with van der Waals surface area (Å²) in [6, 6.07) is 8.59. The maximum Gasteiger partial charge on any atom is 0.0963 e. The van der Waals surface area contributed by atoms with Gasteiger partial charge in [-0.2, -0.15) is 0 Å². The fourth-order valence-electron chi connectivity index (χ4n) is 4.34. The fraction of sp³-hybridized carbons (Fsp3) is 0.700. The van der Waals surface area contributed by atoms with Gasteiger partial charge in [-0.1, -0.05) is 24.3 Å². The molecule has 4 rings (SSSR count). The SMILES string of the molecule is OC(COC1CCOCC1)CN1CCC2(CC1)OCc1ccccc12. The molecule has 138 valence electrons. The monoisotopic (exact) mass is 347 g/mol. The summed E-state index contributed by atoms with van der Waals surface area (Å²) in [5, 5.41) is 10.3. The molecule has 1 unspecified atom stereocenters. The Hall–Kier alpha value is -0.980. The summed E-state index contributed by atoms with van der Waals surface area (Å²) in [4.78, 5) is 2.34. The molecule has 2 fully saturated rings. The lowest BCUT2D eigenvalue weighted by Crippen LogP contribution is -2.46. The Balaban J connectivity index is 1.24. The molecule has 0 amide bonds. The van der Waals surface area contributed by atoms with Crippen LogP contribution in [0.4, 0.5) is 0 Å². The van der Waals surface area contributed by atoms with Gasteiger partial charge in [0.2, 0.25) is 0 Å². The van der Waals surface area contributed by atoms with Gasteiger partial charge in [0, 0.05) is 32.8 Å². The van der Waals surface area contributed by atoms with Crippen LogP contribution in [-0.2, 0) is 26.4 Å². The molecule has 1 atom stereocenters. The zero-order valence-electron chi connectivity index (χ0n) is 14.9. The summed E-state index contributed by atoms with van der Waals surface area (Å²) < 4.78 is 17.4. The van der Waals surface area contributed by atoms with E-state index in [0.717, 1.165) is 58.6 Å². The van der Waals surface area contributed by atoms with E-state index in [-0.39, 0.29) is 11.7 Å². The standard InChI is InChI=1S/C20H29NO4/c22-17(15-24-18-5-11-23-12-6-18)13-21-9-7-20(8-10-21)19-4-2-1-3-16(19)14-25-20/h1-4,17-18,22H,5-15H2. The third kappa shape index (κ3) is 3.91. The molecule has 3 aliphatic rings. The Morgan fingerprint density at radius 2 is 1.96 bits per heavy atom. The molecule has 0 bridgehead atoms. The average Bonchev–Trinajstić information content (AvgIpc) is 3.02. The van der Waals surface area contributed by atoms with Crippen LogP contribution in [0, 0.1) is 0 Å². The highest BCUT2D eigenvalue weighted by Gasteiger charge is 2.42. The summed E-state index contributed by atoms with van der Waals surface area (Å²) in [5.74, 6) is 0. The first-order valence-electron chi connectivity index (χ1n) is 9.57. The molecular weight excluding hydrogens is 318 g/mol. The summed E-state index contributed by atoms with van der Waals surface area (Å²) in [6.07, 6.45) is 3.70. The number of piperidine rings is 1. The summed E-state index contributed by atoms with van der Waals surface area (Å²) in [5.41, 5.74) is 2.61. The molecule has 25 heavy (non-hydrogen) atoms. The van der Waals surface area contributed by atoms with E-state index >= 15 is 0 Å². The van der Waals surface area contributed by atoms with Gasteiger partial charge >= 0.3 is 0 Å². The number of hydrogen-bond acceptors (Lipinski definition) is 5. The van der Waals surface area contributed by atoms with Gasteiger partial charge in [0.05, 0.1) is 31.0 Å². The molecule has 1 spiro atoms. The van der Waals surface area contributed by atoms with Crippen molar-refractivity contribution < 1.29 is 19.3 Å². The van der Waals surface area contributed by atoms with E-state index in [2.05, 4.69) is 29.2 Å². The van der Waals surface area contributed by atoms with Crippen LogP contribution < -0.4 is 0 Å². The Labute approximate surface area is 149 Å². The second-order valence-corrected chi connectivity index (χ2v) is 7.54. The van der Waals surface area contributed by atoms with Crippen molar-refractivity contribution in [1.82, 2.24) is 4.90 Å². The van der Waals surface area contributed by atoms with Gasteiger partial charge in [0.25, 0.3) is 0 Å². The van der Waals surface area contributed by atoms with E-state index in [1.807, 2.05) is 0 Å². The van der Waals surface area contributed by atoms with Gasteiger partial charge in [-0.25, -0.2) is 0 Å². The predicted molar refractivity (Wildman–Crippen MR) is 94.4 cm³/mol. The van der Waals surface area contributed by atoms with Crippen molar-refractivity contribution in [3.05, 3.63) is 35.4 Å². The van der Waals surface area contributed by atoms with E-state index in [9.17, 15) is 5.11 Å². The van der Waals surface area contributed by atoms with Crippen molar-refractivity contribution >= 4 is 0 Å². The van der Waals surface area contributed by atoms with Crippen molar-refractivity contribution in [1.29, 1.82) is 0 Å². The molecule has 0 aliphatic carbocycles. The van der Waals surface area contributed by atoms with Crippen LogP contribution in [0.1, 0.15) is 36.8 Å². The van der Waals surface area contributed by atoms with Crippen LogP contribution in [0.2, 0.25) is 0 Å². The Kier molecular flexibility index (Phi) is 5.39. The Morgan fingerprint density at radius 1 is 1.20 bits per heavy atom. The third-order valence-electron chi connectivity index (χ3n) is 5.84. The highest BCUT2D eigenvalue weighted by atomic mass is 16.5. The van der Waals surface area contributed by atoms with Gasteiger partial charge in [-0.15, -0.1) is 0 Å². The van der Waals surface area contributed by atoms with Crippen LogP contribution in [0.3, 0.4) is 0 Å². The maximum absolute atomic E-state index is 10.3. The number of aliphatic hydroxyl groups is 1. The van der Waals surface area contributed by atoms with Crippen LogP contribution in [-0.4, -0.2) is 61.7 Å². The number of benzene rings is 1. The first-order chi connectivity index (χ1) is 12.3. The van der Waals surface area contributed by atoms with Gasteiger partial charge in [-0.05, 0) is 36.8 Å². The molecule has 1 N–H and O–H groups in total. The lowest BCUT2D eigenvalue weighted by molar-refractivity contribution is -0.0912. The van der Waals surface area contributed by atoms with Gasteiger partial charge in [0.1, 0.15) is 0 Å². The van der Waals surface area contributed by atoms with Crippen LogP contribution in [0.5, 0.6) is 0 Å². The van der Waals surface area contributed by atoms with Gasteiger partial charge in [0.15, 0.2) is 0 Å². The number of likely N-dealkylation sites (tertiary alicyclic amines) is 1. The number of aliphatic hydroxyl groups excluding tert-OH is 1. The van der Waals surface area contributed by atoms with Crippen LogP contribution >= 0.6 is 0 Å². The molecule has 0 radical (unpaired) electrons. The molecular formula is C20H29NO4. The highest BCUT2D eigenvalue weighted by Crippen LogP contribution is 2.43. The highest BCUT2D eigenvalue weighted by molar-refractivity contribution is 5.35. The number of β-amino-alcohol motifs (C(OH)–C–C–N with tert-alkyl or cyclic N) is 1. The summed E-state index contributed by atoms with van der Waals surface area (Å²) in [6.45, 7) is 5.31. The maximum atomic E-state index is 10.3. The zero-order chi connectivity index (χ0) is 17.1. The number of nitrogens with zero attached hydrogens (tertiary/aromatic N) is 1. The minimum Gasteiger partial charge on any atom is -0.389 e. The lowest BCUT2D eigenvalue weighted by atomic mass is 9.84. The van der Waals surface area contributed by atoms with Crippen molar-refractivity contribution in [3.8, 4) is 0 Å². The second kappa shape index (κ2) is 7.72. The molecule has 3 aliphatic heterocycles. The molecule has 0 aromatic heterocycles. The number of fused-ring (bicyclic) bond motifs is 2. The molecule has 2 saturated heterocycles. The second-order valence-electron chi connectivity index (χ2n) is 7.54. The van der Waals surface area contributed by atoms with Crippen molar-refractivity contribution in [2.75, 3.05) is 39.5 Å². The summed E-state index contributed by atoms with van der Waals surface area (Å²) >= 11 is 0. The molecule has 1 aromatic rings. The molecule has 3 heterocycles. The normalized spacial score (nSPS) is 25.2. The van der Waals surface area contributed by atoms with Crippen molar-refractivity contribution in [3.63, 3.8) is 0 Å². The van der Waals surface area contributed by atoms with Gasteiger partial charge < -0.3 is 24.2 Å². The predicted octanol–water partition coefficient (Wildman–Crippen LogP) is 2.06. The fourth-order valence-corrected chi connectivity index (χ4v) is 4.34. The number of hydrogen-bond donors (Lipinski definition) is 1. The molecule has 1 aromatic carbocycles. The quantitative estimate of drug-likeness (QED) is 0.884. The topological polar surface area (TPSA) is 51.2 Å². The van der Waals surface area contributed by atoms with E-state index in [0.29, 0.717) is 13.2 Å². The zero-order valence-corrected chi connectivity index (χ0v) is 14.9. The molecule has 0 saturated carbocycles. The van der Waals surface area contributed by atoms with E-state index in [1.165, 1.54) is 11.1 Å². The Morgan fingerprint density at radius 3 is 2.76 bits per heavy atom. The first-order valence-corrected chi connectivity index (χ1v) is 9.57. The van der Waals surface area contributed by atoms with Crippen LogP contribution in [0.15, 0.2) is 24.3 Å². The van der Waals surface area contributed by atoms with E-state index in [1.54, 1.807) is 0 Å².